The minimum Gasteiger partial charge on any atom is -0.493 e. The molecule has 0 aliphatic rings. The highest BCUT2D eigenvalue weighted by atomic mass is 35.5. The molecule has 1 atom stereocenters. The SMILES string of the molecule is CC(CCl)CS(=O)(=O)Nc1cccc(OCCCC#N)c1. The average Bonchev–Trinajstić information content (AvgIpc) is 2.43. The summed E-state index contributed by atoms with van der Waals surface area (Å²) < 4.78 is 31.8. The summed E-state index contributed by atoms with van der Waals surface area (Å²) in [5.41, 5.74) is 0.453. The summed E-state index contributed by atoms with van der Waals surface area (Å²) in [5.74, 6) is 0.722. The molecular weight excluding hydrogens is 312 g/mol. The van der Waals surface area contributed by atoms with Crippen molar-refractivity contribution in [1.82, 2.24) is 0 Å². The van der Waals surface area contributed by atoms with E-state index in [-0.39, 0.29) is 11.7 Å². The Kier molecular flexibility index (Phi) is 7.34. The highest BCUT2D eigenvalue weighted by molar-refractivity contribution is 7.92. The van der Waals surface area contributed by atoms with Gasteiger partial charge in [-0.2, -0.15) is 5.26 Å². The molecule has 0 radical (unpaired) electrons. The maximum atomic E-state index is 11.9. The number of rotatable bonds is 9. The Bertz CT molecular complexity index is 584. The fourth-order valence-corrected chi connectivity index (χ4v) is 3.31. The van der Waals surface area contributed by atoms with E-state index in [2.05, 4.69) is 4.72 Å². The normalized spacial score (nSPS) is 12.4. The summed E-state index contributed by atoms with van der Waals surface area (Å²) >= 11 is 5.63. The fourth-order valence-electron chi connectivity index (χ4n) is 1.63. The van der Waals surface area contributed by atoms with Crippen molar-refractivity contribution in [2.45, 2.75) is 19.8 Å². The van der Waals surface area contributed by atoms with Crippen LogP contribution in [0.1, 0.15) is 19.8 Å². The van der Waals surface area contributed by atoms with Crippen LogP contribution in [-0.4, -0.2) is 26.7 Å². The third-order valence-corrected chi connectivity index (χ3v) is 4.66. The summed E-state index contributed by atoms with van der Waals surface area (Å²) in [4.78, 5) is 0. The second-order valence-corrected chi connectivity index (χ2v) is 6.86. The zero-order valence-corrected chi connectivity index (χ0v) is 13.5. The number of halogens is 1. The van der Waals surface area contributed by atoms with Crippen LogP contribution in [0, 0.1) is 17.2 Å². The number of ether oxygens (including phenoxy) is 1. The Hall–Kier alpha value is -1.45. The number of hydrogen-bond acceptors (Lipinski definition) is 4. The quantitative estimate of drug-likeness (QED) is 0.557. The highest BCUT2D eigenvalue weighted by Gasteiger charge is 2.15. The Morgan fingerprint density at radius 3 is 2.90 bits per heavy atom. The number of nitrogens with zero attached hydrogens (tertiary/aromatic N) is 1. The predicted molar refractivity (Wildman–Crippen MR) is 84.1 cm³/mol. The standard InChI is InChI=1S/C14H19ClN2O3S/c1-12(10-15)11-21(18,19)17-13-5-4-6-14(9-13)20-8-3-2-7-16/h4-6,9,12,17H,2-3,8,10-11H2,1H3. The molecule has 0 aliphatic heterocycles. The molecule has 0 saturated carbocycles. The lowest BCUT2D eigenvalue weighted by molar-refractivity contribution is 0.313. The second kappa shape index (κ2) is 8.75. The summed E-state index contributed by atoms with van der Waals surface area (Å²) in [6.07, 6.45) is 1.07. The van der Waals surface area contributed by atoms with Gasteiger partial charge in [0.1, 0.15) is 5.75 Å². The van der Waals surface area contributed by atoms with E-state index < -0.39 is 10.0 Å². The molecule has 0 heterocycles. The van der Waals surface area contributed by atoms with Crippen LogP contribution in [0.5, 0.6) is 5.75 Å². The van der Waals surface area contributed by atoms with Crippen molar-refractivity contribution in [1.29, 1.82) is 5.26 Å². The molecule has 0 aliphatic carbocycles. The van der Waals surface area contributed by atoms with Gasteiger partial charge < -0.3 is 4.74 Å². The average molecular weight is 331 g/mol. The van der Waals surface area contributed by atoms with Crippen molar-refractivity contribution in [3.63, 3.8) is 0 Å². The second-order valence-electron chi connectivity index (χ2n) is 4.78. The van der Waals surface area contributed by atoms with E-state index >= 15 is 0 Å². The minimum absolute atomic E-state index is 0.0241. The molecule has 1 rings (SSSR count). The summed E-state index contributed by atoms with van der Waals surface area (Å²) in [6, 6.07) is 8.77. The zero-order valence-electron chi connectivity index (χ0n) is 11.9. The molecule has 0 spiro atoms. The van der Waals surface area contributed by atoms with Crippen molar-refractivity contribution >= 4 is 27.3 Å². The number of unbranched alkanes of at least 4 members (excludes halogenated alkanes) is 1. The number of hydrogen-bond donors (Lipinski definition) is 1. The van der Waals surface area contributed by atoms with Gasteiger partial charge in [-0.25, -0.2) is 8.42 Å². The molecule has 0 amide bonds. The third-order valence-electron chi connectivity index (χ3n) is 2.58. The molecule has 0 saturated heterocycles. The Balaban J connectivity index is 2.62. The van der Waals surface area contributed by atoms with Crippen LogP contribution in [0.15, 0.2) is 24.3 Å². The number of sulfonamides is 1. The summed E-state index contributed by atoms with van der Waals surface area (Å²) in [5, 5.41) is 8.44. The Morgan fingerprint density at radius 1 is 1.48 bits per heavy atom. The minimum atomic E-state index is -3.42. The Morgan fingerprint density at radius 2 is 2.24 bits per heavy atom. The lowest BCUT2D eigenvalue weighted by Gasteiger charge is -2.12. The van der Waals surface area contributed by atoms with Crippen LogP contribution in [0.4, 0.5) is 5.69 Å². The van der Waals surface area contributed by atoms with Crippen LogP contribution >= 0.6 is 11.6 Å². The molecule has 1 aromatic rings. The number of alkyl halides is 1. The number of nitriles is 1. The molecule has 21 heavy (non-hydrogen) atoms. The van der Waals surface area contributed by atoms with Gasteiger partial charge in [-0.3, -0.25) is 4.72 Å². The number of benzene rings is 1. The molecule has 1 aromatic carbocycles. The molecule has 0 fully saturated rings. The van der Waals surface area contributed by atoms with Gasteiger partial charge in [-0.15, -0.1) is 11.6 Å². The maximum Gasteiger partial charge on any atom is 0.233 e. The fraction of sp³-hybridized carbons (Fsp3) is 0.500. The van der Waals surface area contributed by atoms with Gasteiger partial charge >= 0.3 is 0 Å². The van der Waals surface area contributed by atoms with Crippen molar-refractivity contribution < 1.29 is 13.2 Å². The van der Waals surface area contributed by atoms with Crippen molar-refractivity contribution in [3.8, 4) is 11.8 Å². The number of nitrogens with one attached hydrogen (secondary N) is 1. The van der Waals surface area contributed by atoms with Gasteiger partial charge in [0.25, 0.3) is 0 Å². The molecule has 0 bridgehead atoms. The van der Waals surface area contributed by atoms with Crippen LogP contribution in [-0.2, 0) is 10.0 Å². The van der Waals surface area contributed by atoms with Crippen molar-refractivity contribution in [2.24, 2.45) is 5.92 Å². The Labute approximate surface area is 130 Å². The third kappa shape index (κ3) is 7.21. The lowest BCUT2D eigenvalue weighted by atomic mass is 10.3. The van der Waals surface area contributed by atoms with Gasteiger partial charge in [0.2, 0.25) is 10.0 Å². The van der Waals surface area contributed by atoms with Crippen LogP contribution in [0.25, 0.3) is 0 Å². The zero-order chi connectivity index (χ0) is 15.7. The van der Waals surface area contributed by atoms with E-state index in [0.717, 1.165) is 0 Å². The first kappa shape index (κ1) is 17.6. The molecule has 5 nitrogen and oxygen atoms in total. The largest absolute Gasteiger partial charge is 0.493 e. The van der Waals surface area contributed by atoms with E-state index in [1.807, 2.05) is 6.07 Å². The van der Waals surface area contributed by atoms with Gasteiger partial charge in [0.15, 0.2) is 0 Å². The highest BCUT2D eigenvalue weighted by Crippen LogP contribution is 2.19. The first-order chi connectivity index (χ1) is 9.96. The van der Waals surface area contributed by atoms with Crippen LogP contribution < -0.4 is 9.46 Å². The maximum absolute atomic E-state index is 11.9. The molecular formula is C14H19ClN2O3S. The lowest BCUT2D eigenvalue weighted by Crippen LogP contribution is -2.22. The van der Waals surface area contributed by atoms with E-state index in [4.69, 9.17) is 21.6 Å². The summed E-state index contributed by atoms with van der Waals surface area (Å²) in [6.45, 7) is 2.20. The molecule has 1 N–H and O–H groups in total. The first-order valence-electron chi connectivity index (χ1n) is 6.63. The van der Waals surface area contributed by atoms with E-state index in [0.29, 0.717) is 36.8 Å². The monoisotopic (exact) mass is 330 g/mol. The van der Waals surface area contributed by atoms with Gasteiger partial charge in [0, 0.05) is 18.4 Å². The molecule has 7 heteroatoms. The molecule has 1 unspecified atom stereocenters. The van der Waals surface area contributed by atoms with Gasteiger partial charge in [-0.1, -0.05) is 13.0 Å². The topological polar surface area (TPSA) is 79.2 Å². The first-order valence-corrected chi connectivity index (χ1v) is 8.82. The van der Waals surface area contributed by atoms with E-state index in [1.54, 1.807) is 31.2 Å². The summed E-state index contributed by atoms with van der Waals surface area (Å²) in [7, 11) is -3.42. The molecule has 0 aromatic heterocycles. The van der Waals surface area contributed by atoms with Crippen molar-refractivity contribution in [3.05, 3.63) is 24.3 Å². The smallest absolute Gasteiger partial charge is 0.233 e. The van der Waals surface area contributed by atoms with Crippen molar-refractivity contribution in [2.75, 3.05) is 23.0 Å². The van der Waals surface area contributed by atoms with Gasteiger partial charge in [-0.05, 0) is 24.5 Å². The van der Waals surface area contributed by atoms with E-state index in [1.165, 1.54) is 0 Å². The van der Waals surface area contributed by atoms with E-state index in [9.17, 15) is 8.42 Å². The molecule has 116 valence electrons. The van der Waals surface area contributed by atoms with Gasteiger partial charge in [0.05, 0.1) is 24.1 Å². The van der Waals surface area contributed by atoms with Crippen LogP contribution in [0.2, 0.25) is 0 Å². The predicted octanol–water partition coefficient (Wildman–Crippen LogP) is 2.99. The van der Waals surface area contributed by atoms with Crippen LogP contribution in [0.3, 0.4) is 0 Å². The number of anilines is 1.